The van der Waals surface area contributed by atoms with E-state index in [1.54, 1.807) is 13.1 Å². The number of hydrogen-bond donors (Lipinski definition) is 1. The Hall–Kier alpha value is -2.96. The number of aromatic amines is 1. The second kappa shape index (κ2) is 4.96. The van der Waals surface area contributed by atoms with E-state index >= 15 is 0 Å². The largest absolute Gasteiger partial charge is 0.289 e. The molecular formula is C13H12N6O. The maximum atomic E-state index is 12.2. The van der Waals surface area contributed by atoms with Crippen LogP contribution in [0.25, 0.3) is 5.69 Å². The van der Waals surface area contributed by atoms with E-state index in [2.05, 4.69) is 20.4 Å². The van der Waals surface area contributed by atoms with E-state index in [0.29, 0.717) is 11.3 Å². The Labute approximate surface area is 114 Å². The van der Waals surface area contributed by atoms with Gasteiger partial charge in [0.05, 0.1) is 17.6 Å². The van der Waals surface area contributed by atoms with E-state index in [9.17, 15) is 4.79 Å². The standard InChI is InChI=1S/C13H12N6O/c1-10-12(7-16-18-8-14-15-9-18)17-19(13(10)20)11-5-3-2-4-6-11/h2-9,17H,1H3/b16-7+. The number of nitrogens with zero attached hydrogens (tertiary/aromatic N) is 5. The van der Waals surface area contributed by atoms with E-state index in [-0.39, 0.29) is 5.56 Å². The Kier molecular flexibility index (Phi) is 3.00. The molecule has 0 atom stereocenters. The van der Waals surface area contributed by atoms with Crippen molar-refractivity contribution in [2.45, 2.75) is 6.92 Å². The second-order valence-electron chi connectivity index (χ2n) is 4.21. The molecule has 0 aliphatic carbocycles. The molecule has 0 unspecified atom stereocenters. The fraction of sp³-hybridized carbons (Fsp3) is 0.0769. The van der Waals surface area contributed by atoms with Crippen LogP contribution < -0.4 is 5.56 Å². The first-order valence-electron chi connectivity index (χ1n) is 6.02. The summed E-state index contributed by atoms with van der Waals surface area (Å²) in [4.78, 5) is 12.2. The monoisotopic (exact) mass is 268 g/mol. The average molecular weight is 268 g/mol. The Morgan fingerprint density at radius 2 is 1.90 bits per heavy atom. The van der Waals surface area contributed by atoms with Gasteiger partial charge >= 0.3 is 0 Å². The molecule has 1 aromatic carbocycles. The van der Waals surface area contributed by atoms with Crippen LogP contribution in [0.1, 0.15) is 11.3 Å². The van der Waals surface area contributed by atoms with Crippen molar-refractivity contribution in [3.05, 3.63) is 64.6 Å². The summed E-state index contributed by atoms with van der Waals surface area (Å²) < 4.78 is 2.94. The van der Waals surface area contributed by atoms with Gasteiger partial charge in [-0.15, -0.1) is 10.2 Å². The summed E-state index contributed by atoms with van der Waals surface area (Å²) in [6.07, 6.45) is 4.51. The summed E-state index contributed by atoms with van der Waals surface area (Å²) in [5.74, 6) is 0. The van der Waals surface area contributed by atoms with E-state index < -0.39 is 0 Å². The summed E-state index contributed by atoms with van der Waals surface area (Å²) in [7, 11) is 0. The lowest BCUT2D eigenvalue weighted by Gasteiger charge is -1.99. The van der Waals surface area contributed by atoms with Gasteiger partial charge in [0.2, 0.25) is 0 Å². The highest BCUT2D eigenvalue weighted by Crippen LogP contribution is 2.05. The highest BCUT2D eigenvalue weighted by molar-refractivity contribution is 5.78. The van der Waals surface area contributed by atoms with Crippen molar-refractivity contribution in [2.75, 3.05) is 0 Å². The molecule has 0 amide bonds. The number of benzene rings is 1. The zero-order chi connectivity index (χ0) is 13.9. The summed E-state index contributed by atoms with van der Waals surface area (Å²) in [5.41, 5.74) is 1.93. The van der Waals surface area contributed by atoms with Gasteiger partial charge in [-0.2, -0.15) is 5.10 Å². The van der Waals surface area contributed by atoms with Crippen LogP contribution in [0.4, 0.5) is 0 Å². The first-order chi connectivity index (χ1) is 9.75. The lowest BCUT2D eigenvalue weighted by atomic mass is 10.3. The van der Waals surface area contributed by atoms with Crippen LogP contribution in [0.15, 0.2) is 52.9 Å². The molecule has 0 saturated heterocycles. The van der Waals surface area contributed by atoms with E-state index in [1.165, 1.54) is 22.0 Å². The Bertz CT molecular complexity index is 782. The molecule has 0 radical (unpaired) electrons. The van der Waals surface area contributed by atoms with Crippen molar-refractivity contribution >= 4 is 6.21 Å². The molecule has 1 N–H and O–H groups in total. The van der Waals surface area contributed by atoms with Gasteiger partial charge in [0.1, 0.15) is 12.7 Å². The third-order valence-corrected chi connectivity index (χ3v) is 2.90. The quantitative estimate of drug-likeness (QED) is 0.718. The van der Waals surface area contributed by atoms with Crippen LogP contribution in [0.2, 0.25) is 0 Å². The van der Waals surface area contributed by atoms with Gasteiger partial charge in [-0.3, -0.25) is 9.89 Å². The summed E-state index contributed by atoms with van der Waals surface area (Å²) >= 11 is 0. The maximum absolute atomic E-state index is 12.2. The number of para-hydroxylation sites is 1. The SMILES string of the molecule is Cc1c(/C=N/n2cnnc2)[nH]n(-c2ccccc2)c1=O. The molecule has 0 aliphatic rings. The van der Waals surface area contributed by atoms with Crippen LogP contribution in [-0.2, 0) is 0 Å². The molecule has 0 bridgehead atoms. The molecule has 0 aliphatic heterocycles. The minimum absolute atomic E-state index is 0.0959. The predicted octanol–water partition coefficient (Wildman–Crippen LogP) is 0.948. The lowest BCUT2D eigenvalue weighted by Crippen LogP contribution is -2.15. The number of rotatable bonds is 3. The predicted molar refractivity (Wildman–Crippen MR) is 74.1 cm³/mol. The highest BCUT2D eigenvalue weighted by Gasteiger charge is 2.09. The average Bonchev–Trinajstić information content (AvgIpc) is 3.09. The fourth-order valence-electron chi connectivity index (χ4n) is 1.80. The molecule has 2 aromatic heterocycles. The molecule has 100 valence electrons. The molecule has 0 spiro atoms. The van der Waals surface area contributed by atoms with E-state index in [4.69, 9.17) is 0 Å². The molecule has 0 fully saturated rings. The molecule has 2 heterocycles. The lowest BCUT2D eigenvalue weighted by molar-refractivity contribution is 0.841. The maximum Gasteiger partial charge on any atom is 0.274 e. The van der Waals surface area contributed by atoms with Crippen molar-refractivity contribution < 1.29 is 0 Å². The first-order valence-corrected chi connectivity index (χ1v) is 6.02. The smallest absolute Gasteiger partial charge is 0.274 e. The van der Waals surface area contributed by atoms with Gasteiger partial charge in [-0.25, -0.2) is 9.36 Å². The molecule has 3 aromatic rings. The summed E-state index contributed by atoms with van der Waals surface area (Å²) in [6.45, 7) is 1.76. The Balaban J connectivity index is 2.00. The second-order valence-corrected chi connectivity index (χ2v) is 4.21. The number of hydrogen-bond acceptors (Lipinski definition) is 4. The summed E-state index contributed by atoms with van der Waals surface area (Å²) in [6, 6.07) is 9.38. The van der Waals surface area contributed by atoms with Gasteiger partial charge in [0, 0.05) is 5.56 Å². The molecule has 7 heteroatoms. The van der Waals surface area contributed by atoms with Crippen molar-refractivity contribution in [1.82, 2.24) is 24.7 Å². The van der Waals surface area contributed by atoms with Crippen LogP contribution in [0, 0.1) is 6.92 Å². The van der Waals surface area contributed by atoms with Gasteiger partial charge in [0.15, 0.2) is 0 Å². The molecule has 3 rings (SSSR count). The highest BCUT2D eigenvalue weighted by atomic mass is 16.1. The Morgan fingerprint density at radius 1 is 1.20 bits per heavy atom. The van der Waals surface area contributed by atoms with Gasteiger partial charge in [-0.1, -0.05) is 18.2 Å². The minimum atomic E-state index is -0.0959. The number of aromatic nitrogens is 5. The number of H-pyrrole nitrogens is 1. The van der Waals surface area contributed by atoms with Crippen molar-refractivity contribution in [2.24, 2.45) is 5.10 Å². The zero-order valence-corrected chi connectivity index (χ0v) is 10.8. The Morgan fingerprint density at radius 3 is 2.60 bits per heavy atom. The minimum Gasteiger partial charge on any atom is -0.289 e. The third kappa shape index (κ3) is 2.16. The van der Waals surface area contributed by atoms with Gasteiger partial charge in [0.25, 0.3) is 5.56 Å². The normalized spacial score (nSPS) is 11.2. The van der Waals surface area contributed by atoms with Crippen LogP contribution in [0.3, 0.4) is 0 Å². The van der Waals surface area contributed by atoms with Crippen molar-refractivity contribution in [1.29, 1.82) is 0 Å². The fourth-order valence-corrected chi connectivity index (χ4v) is 1.80. The topological polar surface area (TPSA) is 80.9 Å². The molecular weight excluding hydrogens is 256 g/mol. The van der Waals surface area contributed by atoms with Crippen LogP contribution in [-0.4, -0.2) is 30.9 Å². The summed E-state index contributed by atoms with van der Waals surface area (Å²) in [5, 5.41) is 14.5. The van der Waals surface area contributed by atoms with E-state index in [1.807, 2.05) is 30.3 Å². The van der Waals surface area contributed by atoms with Crippen molar-refractivity contribution in [3.63, 3.8) is 0 Å². The third-order valence-electron chi connectivity index (χ3n) is 2.90. The molecule has 0 saturated carbocycles. The van der Waals surface area contributed by atoms with Gasteiger partial charge in [-0.05, 0) is 19.1 Å². The molecule has 20 heavy (non-hydrogen) atoms. The van der Waals surface area contributed by atoms with Crippen LogP contribution >= 0.6 is 0 Å². The first kappa shape index (κ1) is 12.1. The van der Waals surface area contributed by atoms with Crippen molar-refractivity contribution in [3.8, 4) is 5.69 Å². The zero-order valence-electron chi connectivity index (χ0n) is 10.8. The van der Waals surface area contributed by atoms with Gasteiger partial charge < -0.3 is 0 Å². The van der Waals surface area contributed by atoms with E-state index in [0.717, 1.165) is 5.69 Å². The number of nitrogens with one attached hydrogen (secondary N) is 1. The van der Waals surface area contributed by atoms with Crippen LogP contribution in [0.5, 0.6) is 0 Å². The molecule has 7 nitrogen and oxygen atoms in total.